The van der Waals surface area contributed by atoms with E-state index in [4.69, 9.17) is 10.5 Å². The minimum absolute atomic E-state index is 0.584. The maximum atomic E-state index is 8.87. The first kappa shape index (κ1) is 23.7. The molecule has 0 spiro atoms. The summed E-state index contributed by atoms with van der Waals surface area (Å²) in [6, 6.07) is 46.7. The van der Waals surface area contributed by atoms with Crippen LogP contribution in [-0.2, 0) is 0 Å². The van der Waals surface area contributed by atoms with Crippen LogP contribution in [0.2, 0.25) is 0 Å². The van der Waals surface area contributed by atoms with Crippen LogP contribution >= 0.6 is 0 Å². The van der Waals surface area contributed by atoms with Crippen molar-refractivity contribution in [2.24, 2.45) is 0 Å². The second-order valence-corrected chi connectivity index (χ2v) is 9.10. The van der Waals surface area contributed by atoms with Crippen molar-refractivity contribution in [1.82, 2.24) is 9.55 Å². The van der Waals surface area contributed by atoms with Crippen LogP contribution in [0.4, 0.5) is 0 Å². The molecule has 0 saturated carbocycles. The van der Waals surface area contributed by atoms with E-state index in [0.29, 0.717) is 11.1 Å². The predicted octanol–water partition coefficient (Wildman–Crippen LogP) is 8.43. The van der Waals surface area contributed by atoms with Crippen molar-refractivity contribution < 1.29 is 0 Å². The van der Waals surface area contributed by atoms with Gasteiger partial charge in [0.1, 0.15) is 5.82 Å². The zero-order chi connectivity index (χ0) is 26.6. The molecule has 7 rings (SSSR count). The summed E-state index contributed by atoms with van der Waals surface area (Å²) in [4.78, 5) is 4.67. The molecule has 5 aromatic carbocycles. The van der Waals surface area contributed by atoms with Gasteiger partial charge in [-0.15, -0.1) is 0 Å². The van der Waals surface area contributed by atoms with Gasteiger partial charge in [0.2, 0.25) is 0 Å². The van der Waals surface area contributed by atoms with E-state index in [2.05, 4.69) is 107 Å². The van der Waals surface area contributed by atoms with Gasteiger partial charge in [-0.2, -0.15) is 10.5 Å². The average molecular weight is 499 g/mol. The number of aromatic nitrogens is 2. The van der Waals surface area contributed by atoms with Crippen molar-refractivity contribution >= 4 is 32.6 Å². The second kappa shape index (κ2) is 10.3. The van der Waals surface area contributed by atoms with E-state index in [1.54, 1.807) is 18.2 Å². The van der Waals surface area contributed by atoms with Crippen LogP contribution in [0.15, 0.2) is 134 Å². The number of rotatable bonds is 2. The predicted molar refractivity (Wildman–Crippen MR) is 157 cm³/mol. The first-order valence-electron chi connectivity index (χ1n) is 12.6. The molecule has 0 bridgehead atoms. The summed E-state index contributed by atoms with van der Waals surface area (Å²) in [5.74, 6) is 0.943. The molecule has 0 fully saturated rings. The van der Waals surface area contributed by atoms with Crippen LogP contribution in [0.5, 0.6) is 0 Å². The maximum absolute atomic E-state index is 8.87. The van der Waals surface area contributed by atoms with E-state index in [-0.39, 0.29) is 0 Å². The number of para-hydroxylation sites is 2. The summed E-state index contributed by atoms with van der Waals surface area (Å²) in [7, 11) is 0. The topological polar surface area (TPSA) is 65.4 Å². The molecular formula is C35H22N4. The first-order chi connectivity index (χ1) is 19.3. The van der Waals surface area contributed by atoms with E-state index < -0.39 is 0 Å². The summed E-state index contributed by atoms with van der Waals surface area (Å²) in [5.41, 5.74) is 5.93. The fourth-order valence-electron chi connectivity index (χ4n) is 4.96. The summed E-state index contributed by atoms with van der Waals surface area (Å²) in [6.45, 7) is 0. The van der Waals surface area contributed by atoms with E-state index in [1.165, 1.54) is 32.9 Å². The number of benzene rings is 5. The Hall–Kier alpha value is -5.71. The van der Waals surface area contributed by atoms with E-state index in [0.717, 1.165) is 16.6 Å². The van der Waals surface area contributed by atoms with Gasteiger partial charge in [-0.25, -0.2) is 4.98 Å². The van der Waals surface area contributed by atoms with Crippen LogP contribution in [0.25, 0.3) is 49.5 Å². The Morgan fingerprint density at radius 2 is 1.23 bits per heavy atom. The Kier molecular flexibility index (Phi) is 6.28. The Morgan fingerprint density at radius 1 is 0.538 bits per heavy atom. The maximum Gasteiger partial charge on any atom is 0.138 e. The van der Waals surface area contributed by atoms with Gasteiger partial charge in [-0.1, -0.05) is 84.9 Å². The lowest BCUT2D eigenvalue weighted by atomic mass is 10.0. The normalized spacial score (nSPS) is 10.5. The molecule has 4 heteroatoms. The standard InChI is InChI=1S/C23H16N2.C12H6N2/c1-2-8-17(9-3-1)18-14-15-24-23(16-18)25-21-12-6-4-10-19(21)20-11-5-7-13-22(20)25;13-7-9-4-5-10-2-1-3-11(8-14)12(10)6-9/h1-16H;1-6H. The van der Waals surface area contributed by atoms with E-state index in [1.807, 2.05) is 30.5 Å². The van der Waals surface area contributed by atoms with Gasteiger partial charge in [0.25, 0.3) is 0 Å². The number of hydrogen-bond donors (Lipinski definition) is 0. The van der Waals surface area contributed by atoms with Crippen LogP contribution in [0, 0.1) is 22.7 Å². The Balaban J connectivity index is 0.000000168. The van der Waals surface area contributed by atoms with Crippen molar-refractivity contribution in [1.29, 1.82) is 10.5 Å². The SMILES string of the molecule is N#Cc1ccc2cccc(C#N)c2c1.c1ccc(-c2ccnc(-n3c4ccccc4c4ccccc43)c2)cc1. The summed E-state index contributed by atoms with van der Waals surface area (Å²) in [6.07, 6.45) is 1.89. The van der Waals surface area contributed by atoms with Crippen molar-refractivity contribution in [3.63, 3.8) is 0 Å². The molecule has 0 aliphatic carbocycles. The highest BCUT2D eigenvalue weighted by atomic mass is 15.1. The monoisotopic (exact) mass is 498 g/mol. The van der Waals surface area contributed by atoms with Crippen LogP contribution in [-0.4, -0.2) is 9.55 Å². The fraction of sp³-hybridized carbons (Fsp3) is 0. The molecule has 39 heavy (non-hydrogen) atoms. The highest BCUT2D eigenvalue weighted by Gasteiger charge is 2.12. The fourth-order valence-corrected chi connectivity index (χ4v) is 4.96. The molecule has 0 saturated heterocycles. The lowest BCUT2D eigenvalue weighted by Crippen LogP contribution is -1.97. The van der Waals surface area contributed by atoms with Crippen LogP contribution in [0.3, 0.4) is 0 Å². The van der Waals surface area contributed by atoms with Gasteiger partial charge >= 0.3 is 0 Å². The molecule has 0 atom stereocenters. The summed E-state index contributed by atoms with van der Waals surface area (Å²) < 4.78 is 2.25. The highest BCUT2D eigenvalue weighted by molar-refractivity contribution is 6.09. The molecular weight excluding hydrogens is 476 g/mol. The number of pyridine rings is 1. The Bertz CT molecular complexity index is 1990. The molecule has 0 unspecified atom stereocenters. The van der Waals surface area contributed by atoms with E-state index >= 15 is 0 Å². The number of nitrogens with zero attached hydrogens (tertiary/aromatic N) is 4. The van der Waals surface area contributed by atoms with Crippen molar-refractivity contribution in [3.05, 3.63) is 145 Å². The van der Waals surface area contributed by atoms with Gasteiger partial charge in [0.05, 0.1) is 34.3 Å². The number of fused-ring (bicyclic) bond motifs is 4. The molecule has 0 aliphatic rings. The Labute approximate surface area is 226 Å². The molecule has 0 amide bonds. The largest absolute Gasteiger partial charge is 0.294 e. The lowest BCUT2D eigenvalue weighted by Gasteiger charge is -2.09. The minimum Gasteiger partial charge on any atom is -0.294 e. The van der Waals surface area contributed by atoms with E-state index in [9.17, 15) is 0 Å². The quantitative estimate of drug-likeness (QED) is 0.240. The molecule has 7 aromatic rings. The van der Waals surface area contributed by atoms with Crippen molar-refractivity contribution in [2.75, 3.05) is 0 Å². The van der Waals surface area contributed by atoms with Crippen molar-refractivity contribution in [2.45, 2.75) is 0 Å². The van der Waals surface area contributed by atoms with Gasteiger partial charge in [0, 0.05) is 22.4 Å². The molecule has 182 valence electrons. The second-order valence-electron chi connectivity index (χ2n) is 9.10. The average Bonchev–Trinajstić information content (AvgIpc) is 3.36. The molecule has 2 aromatic heterocycles. The first-order valence-corrected chi connectivity index (χ1v) is 12.6. The molecule has 0 N–H and O–H groups in total. The van der Waals surface area contributed by atoms with Gasteiger partial charge < -0.3 is 0 Å². The van der Waals surface area contributed by atoms with Crippen LogP contribution in [0.1, 0.15) is 11.1 Å². The van der Waals surface area contributed by atoms with Crippen LogP contribution < -0.4 is 0 Å². The lowest BCUT2D eigenvalue weighted by molar-refractivity contribution is 1.08. The zero-order valence-electron chi connectivity index (χ0n) is 21.0. The van der Waals surface area contributed by atoms with Gasteiger partial charge in [0.15, 0.2) is 0 Å². The minimum atomic E-state index is 0.584. The smallest absolute Gasteiger partial charge is 0.138 e. The summed E-state index contributed by atoms with van der Waals surface area (Å²) >= 11 is 0. The molecule has 0 radical (unpaired) electrons. The Morgan fingerprint density at radius 3 is 1.92 bits per heavy atom. The number of hydrogen-bond acceptors (Lipinski definition) is 3. The van der Waals surface area contributed by atoms with Crippen molar-refractivity contribution in [3.8, 4) is 29.1 Å². The molecule has 2 heterocycles. The zero-order valence-corrected chi connectivity index (χ0v) is 21.0. The molecule has 0 aliphatic heterocycles. The van der Waals surface area contributed by atoms with Gasteiger partial charge in [-0.05, 0) is 59.0 Å². The third kappa shape index (κ3) is 4.48. The third-order valence-electron chi connectivity index (χ3n) is 6.79. The molecule has 4 nitrogen and oxygen atoms in total. The highest BCUT2D eigenvalue weighted by Crippen LogP contribution is 2.32. The summed E-state index contributed by atoms with van der Waals surface area (Å²) in [5, 5.41) is 21.9. The van der Waals surface area contributed by atoms with Gasteiger partial charge in [-0.3, -0.25) is 4.57 Å². The third-order valence-corrected chi connectivity index (χ3v) is 6.79. The number of nitriles is 2.